The molecule has 0 nitrogen and oxygen atoms in total. The van der Waals surface area contributed by atoms with Crippen molar-refractivity contribution in [3.05, 3.63) is 80.3 Å². The average molecular weight is 604 g/mol. The second-order valence-electron chi connectivity index (χ2n) is 17.1. The van der Waals surface area contributed by atoms with Crippen LogP contribution in [0.5, 0.6) is 0 Å². The van der Waals surface area contributed by atoms with Crippen molar-refractivity contribution < 1.29 is 0 Å². The number of rotatable bonds is 2. The van der Waals surface area contributed by atoms with Gasteiger partial charge in [-0.1, -0.05) is 140 Å². The van der Waals surface area contributed by atoms with Crippen LogP contribution in [0.15, 0.2) is 46.9 Å². The summed E-state index contributed by atoms with van der Waals surface area (Å²) in [6.07, 6.45) is 0. The number of halogens is 1. The van der Waals surface area contributed by atoms with Crippen LogP contribution in [0.1, 0.15) is 137 Å². The van der Waals surface area contributed by atoms with E-state index in [-0.39, 0.29) is 27.1 Å². The third-order valence-corrected chi connectivity index (χ3v) is 9.09. The van der Waals surface area contributed by atoms with Crippen LogP contribution in [-0.2, 0) is 27.1 Å². The van der Waals surface area contributed by atoms with Gasteiger partial charge < -0.3 is 0 Å². The molecule has 218 valence electrons. The summed E-state index contributed by atoms with van der Waals surface area (Å²) >= 11 is 4.21. The van der Waals surface area contributed by atoms with E-state index in [9.17, 15) is 0 Å². The SMILES string of the molecule is Cc1c(C(C)(C)C)cc(-c2cc(C(C)(C)C)cc(C(C)(C)C)c2)c(Br)c1-c1cc(C(C)(C)C)cc(C(C)(C)C)c1. The molecule has 0 radical (unpaired) electrons. The molecule has 0 atom stereocenters. The quantitative estimate of drug-likeness (QED) is 0.273. The molecule has 40 heavy (non-hydrogen) atoms. The van der Waals surface area contributed by atoms with Crippen LogP contribution >= 0.6 is 15.9 Å². The first-order valence-corrected chi connectivity index (χ1v) is 15.8. The monoisotopic (exact) mass is 602 g/mol. The highest BCUT2D eigenvalue weighted by Crippen LogP contribution is 2.46. The Morgan fingerprint density at radius 3 is 1.05 bits per heavy atom. The topological polar surface area (TPSA) is 0 Å². The van der Waals surface area contributed by atoms with E-state index in [1.54, 1.807) is 0 Å². The van der Waals surface area contributed by atoms with E-state index in [1.165, 1.54) is 60.1 Å². The number of benzene rings is 3. The van der Waals surface area contributed by atoms with E-state index in [0.717, 1.165) is 0 Å². The first kappa shape index (κ1) is 32.7. The second-order valence-corrected chi connectivity index (χ2v) is 17.9. The van der Waals surface area contributed by atoms with Gasteiger partial charge in [-0.15, -0.1) is 0 Å². The molecule has 0 amide bonds. The number of hydrogen-bond donors (Lipinski definition) is 0. The van der Waals surface area contributed by atoms with Crippen LogP contribution < -0.4 is 0 Å². The molecule has 3 aromatic carbocycles. The fourth-order valence-electron chi connectivity index (χ4n) is 5.37. The van der Waals surface area contributed by atoms with E-state index in [1.807, 2.05) is 0 Å². The zero-order valence-corrected chi connectivity index (χ0v) is 30.0. The van der Waals surface area contributed by atoms with Gasteiger partial charge >= 0.3 is 0 Å². The largest absolute Gasteiger partial charge is 0.0561 e. The molecule has 0 spiro atoms. The van der Waals surface area contributed by atoms with Crippen LogP contribution in [0.3, 0.4) is 0 Å². The molecule has 0 aliphatic heterocycles. The van der Waals surface area contributed by atoms with Crippen molar-refractivity contribution >= 4 is 15.9 Å². The molecule has 0 N–H and O–H groups in total. The first-order chi connectivity index (χ1) is 17.8. The van der Waals surface area contributed by atoms with E-state index < -0.39 is 0 Å². The van der Waals surface area contributed by atoms with Crippen molar-refractivity contribution in [2.75, 3.05) is 0 Å². The molecule has 0 aliphatic carbocycles. The molecule has 3 rings (SSSR count). The molecule has 0 aliphatic rings. The molecule has 0 fully saturated rings. The Hall–Kier alpha value is -1.86. The maximum atomic E-state index is 4.21. The van der Waals surface area contributed by atoms with Gasteiger partial charge in [-0.2, -0.15) is 0 Å². The first-order valence-electron chi connectivity index (χ1n) is 15.0. The van der Waals surface area contributed by atoms with E-state index in [0.29, 0.717) is 0 Å². The Labute approximate surface area is 255 Å². The number of hydrogen-bond acceptors (Lipinski definition) is 0. The smallest absolute Gasteiger partial charge is 0.0335 e. The molecule has 0 heterocycles. The van der Waals surface area contributed by atoms with Crippen molar-refractivity contribution in [2.24, 2.45) is 0 Å². The summed E-state index contributed by atoms with van der Waals surface area (Å²) in [5.41, 5.74) is 13.7. The second kappa shape index (κ2) is 10.4. The van der Waals surface area contributed by atoms with Crippen molar-refractivity contribution in [2.45, 2.75) is 138 Å². The highest BCUT2D eigenvalue weighted by molar-refractivity contribution is 9.10. The van der Waals surface area contributed by atoms with Gasteiger partial charge in [-0.05, 0) is 112 Å². The van der Waals surface area contributed by atoms with Crippen molar-refractivity contribution in [1.29, 1.82) is 0 Å². The highest BCUT2D eigenvalue weighted by Gasteiger charge is 2.28. The fraction of sp³-hybridized carbons (Fsp3) is 0.538. The summed E-state index contributed by atoms with van der Waals surface area (Å²) in [6.45, 7) is 37.2. The molecule has 0 unspecified atom stereocenters. The van der Waals surface area contributed by atoms with Crippen LogP contribution in [0.2, 0.25) is 0 Å². The van der Waals surface area contributed by atoms with Crippen LogP contribution in [0.4, 0.5) is 0 Å². The predicted molar refractivity (Wildman–Crippen MR) is 183 cm³/mol. The maximum absolute atomic E-state index is 4.21. The lowest BCUT2D eigenvalue weighted by atomic mass is 9.75. The van der Waals surface area contributed by atoms with Crippen molar-refractivity contribution in [3.8, 4) is 22.3 Å². The standard InChI is InChI=1S/C39H55Br/c1-24-32(39(14,15)16)23-31(25-17-27(35(2,3)4)21-28(18-25)36(5,6)7)34(40)33(24)26-19-29(37(8,9)10)22-30(20-26)38(11,12)13/h17-23H,1-16H3. The third-order valence-electron chi connectivity index (χ3n) is 8.26. The Morgan fingerprint density at radius 1 is 0.425 bits per heavy atom. The molecule has 0 bridgehead atoms. The van der Waals surface area contributed by atoms with Gasteiger partial charge in [-0.25, -0.2) is 0 Å². The minimum atomic E-state index is 0.0112. The molecule has 0 saturated carbocycles. The normalized spacial score (nSPS) is 13.6. The maximum Gasteiger partial charge on any atom is 0.0335 e. The molecule has 3 aromatic rings. The Kier molecular flexibility index (Phi) is 8.53. The molecular weight excluding hydrogens is 548 g/mol. The molecule has 0 aromatic heterocycles. The van der Waals surface area contributed by atoms with Gasteiger partial charge in [0.2, 0.25) is 0 Å². The van der Waals surface area contributed by atoms with Crippen LogP contribution in [0.25, 0.3) is 22.3 Å². The van der Waals surface area contributed by atoms with Gasteiger partial charge in [0.25, 0.3) is 0 Å². The van der Waals surface area contributed by atoms with Gasteiger partial charge in [0.15, 0.2) is 0 Å². The summed E-state index contributed by atoms with van der Waals surface area (Å²) in [7, 11) is 0. The summed E-state index contributed by atoms with van der Waals surface area (Å²) in [4.78, 5) is 0. The van der Waals surface area contributed by atoms with Gasteiger partial charge in [0, 0.05) is 4.47 Å². The summed E-state index contributed by atoms with van der Waals surface area (Å²) in [5.74, 6) is 0. The van der Waals surface area contributed by atoms with E-state index in [4.69, 9.17) is 0 Å². The van der Waals surface area contributed by atoms with E-state index >= 15 is 0 Å². The van der Waals surface area contributed by atoms with Crippen molar-refractivity contribution in [3.63, 3.8) is 0 Å². The van der Waals surface area contributed by atoms with Crippen molar-refractivity contribution in [1.82, 2.24) is 0 Å². The Bertz CT molecular complexity index is 1330. The van der Waals surface area contributed by atoms with Crippen LogP contribution in [0, 0.1) is 6.92 Å². The minimum Gasteiger partial charge on any atom is -0.0561 e. The summed E-state index contributed by atoms with van der Waals surface area (Å²) in [6, 6.07) is 17.0. The van der Waals surface area contributed by atoms with Gasteiger partial charge in [0.1, 0.15) is 0 Å². The third kappa shape index (κ3) is 6.95. The Morgan fingerprint density at radius 2 is 0.750 bits per heavy atom. The summed E-state index contributed by atoms with van der Waals surface area (Å²) < 4.78 is 1.19. The zero-order valence-electron chi connectivity index (χ0n) is 28.4. The predicted octanol–water partition coefficient (Wildman–Crippen LogP) is 12.6. The molecule has 0 saturated heterocycles. The van der Waals surface area contributed by atoms with Gasteiger partial charge in [0.05, 0.1) is 0 Å². The minimum absolute atomic E-state index is 0.0112. The van der Waals surface area contributed by atoms with E-state index in [2.05, 4.69) is 169 Å². The lowest BCUT2D eigenvalue weighted by molar-refractivity contribution is 0.568. The molecule has 1 heteroatoms. The highest BCUT2D eigenvalue weighted by atomic mass is 79.9. The summed E-state index contributed by atoms with van der Waals surface area (Å²) in [5, 5.41) is 0. The average Bonchev–Trinajstić information content (AvgIpc) is 2.75. The van der Waals surface area contributed by atoms with Crippen LogP contribution in [-0.4, -0.2) is 0 Å². The zero-order chi connectivity index (χ0) is 30.8. The Balaban J connectivity index is 2.53. The lowest BCUT2D eigenvalue weighted by Crippen LogP contribution is -2.18. The lowest BCUT2D eigenvalue weighted by Gasteiger charge is -2.30. The molecular formula is C39H55Br. The van der Waals surface area contributed by atoms with Gasteiger partial charge in [-0.3, -0.25) is 0 Å². The fourth-order valence-corrected chi connectivity index (χ4v) is 6.24.